The lowest BCUT2D eigenvalue weighted by Crippen LogP contribution is -2.30. The van der Waals surface area contributed by atoms with E-state index in [1.807, 2.05) is 24.3 Å². The zero-order valence-electron chi connectivity index (χ0n) is 23.7. The fourth-order valence-corrected chi connectivity index (χ4v) is 4.31. The maximum absolute atomic E-state index is 13.3. The highest BCUT2D eigenvalue weighted by Crippen LogP contribution is 2.38. The molecule has 0 heterocycles. The highest BCUT2D eigenvalue weighted by atomic mass is 79.9. The maximum Gasteiger partial charge on any atom is 0.272 e. The molecule has 2 N–H and O–H groups in total. The molecule has 0 fully saturated rings. The molecule has 0 spiro atoms. The number of anilines is 1. The Balaban J connectivity index is 1.49. The largest absolute Gasteiger partial charge is 0.493 e. The van der Waals surface area contributed by atoms with E-state index in [0.29, 0.717) is 39.6 Å². The van der Waals surface area contributed by atoms with Crippen LogP contribution >= 0.6 is 15.9 Å². The van der Waals surface area contributed by atoms with Crippen molar-refractivity contribution in [1.29, 1.82) is 0 Å². The number of amides is 2. The summed E-state index contributed by atoms with van der Waals surface area (Å²) < 4.78 is 17.0. The lowest BCUT2D eigenvalue weighted by molar-refractivity contribution is -0.113. The van der Waals surface area contributed by atoms with E-state index in [2.05, 4.69) is 26.6 Å². The van der Waals surface area contributed by atoms with Crippen LogP contribution in [0.3, 0.4) is 0 Å². The molecule has 0 bridgehead atoms. The van der Waals surface area contributed by atoms with Gasteiger partial charge in [-0.05, 0) is 83.9 Å². The number of allylic oxidation sites excluding steroid dienone is 1. The van der Waals surface area contributed by atoms with E-state index < -0.39 is 11.8 Å². The first-order valence-corrected chi connectivity index (χ1v) is 13.9. The molecule has 218 valence electrons. The lowest BCUT2D eigenvalue weighted by atomic mass is 10.1. The van der Waals surface area contributed by atoms with Crippen LogP contribution in [0.4, 0.5) is 5.69 Å². The first-order valence-electron chi connectivity index (χ1n) is 13.1. The summed E-state index contributed by atoms with van der Waals surface area (Å²) in [6, 6.07) is 25.9. The molecule has 0 aromatic heterocycles. The van der Waals surface area contributed by atoms with Gasteiger partial charge in [-0.2, -0.15) is 0 Å². The molecule has 0 atom stereocenters. The average Bonchev–Trinajstić information content (AvgIpc) is 3.04. The summed E-state index contributed by atoms with van der Waals surface area (Å²) in [6.07, 6.45) is 4.68. The summed E-state index contributed by atoms with van der Waals surface area (Å²) in [5, 5.41) is 5.50. The van der Waals surface area contributed by atoms with Crippen LogP contribution in [-0.2, 0) is 4.79 Å². The molecule has 2 amide bonds. The Hall–Kier alpha value is -5.15. The first kappa shape index (κ1) is 30.8. The second-order valence-electron chi connectivity index (χ2n) is 9.12. The normalized spacial score (nSPS) is 11.1. The summed E-state index contributed by atoms with van der Waals surface area (Å²) in [6.45, 7) is 0. The van der Waals surface area contributed by atoms with E-state index >= 15 is 0 Å². The van der Waals surface area contributed by atoms with Crippen molar-refractivity contribution in [2.75, 3.05) is 26.6 Å². The van der Waals surface area contributed by atoms with E-state index in [4.69, 9.17) is 14.2 Å². The van der Waals surface area contributed by atoms with Crippen LogP contribution < -0.4 is 24.8 Å². The van der Waals surface area contributed by atoms with Crippen molar-refractivity contribution in [2.45, 2.75) is 0 Å². The molecule has 8 nitrogen and oxygen atoms in total. The molecule has 0 radical (unpaired) electrons. The number of ether oxygens (including phenoxy) is 3. The van der Waals surface area contributed by atoms with Crippen LogP contribution in [0.15, 0.2) is 107 Å². The Labute approximate surface area is 258 Å². The van der Waals surface area contributed by atoms with Gasteiger partial charge in [0.2, 0.25) is 5.75 Å². The van der Waals surface area contributed by atoms with Gasteiger partial charge in [-0.1, -0.05) is 52.3 Å². The third-order valence-corrected chi connectivity index (χ3v) is 6.78. The number of benzene rings is 4. The average molecular weight is 642 g/mol. The van der Waals surface area contributed by atoms with Crippen LogP contribution in [0.5, 0.6) is 17.2 Å². The monoisotopic (exact) mass is 640 g/mol. The second kappa shape index (κ2) is 14.7. The van der Waals surface area contributed by atoms with Gasteiger partial charge in [0, 0.05) is 21.3 Å². The minimum absolute atomic E-state index is 0.0598. The molecule has 0 aliphatic heterocycles. The Morgan fingerprint density at radius 1 is 0.721 bits per heavy atom. The summed E-state index contributed by atoms with van der Waals surface area (Å²) in [7, 11) is 4.56. The zero-order chi connectivity index (χ0) is 30.8. The topological polar surface area (TPSA) is 103 Å². The third-order valence-electron chi connectivity index (χ3n) is 6.25. The third kappa shape index (κ3) is 8.21. The molecule has 0 saturated carbocycles. The van der Waals surface area contributed by atoms with Crippen LogP contribution in [0.25, 0.3) is 12.2 Å². The van der Waals surface area contributed by atoms with E-state index in [1.165, 1.54) is 27.4 Å². The van der Waals surface area contributed by atoms with Crippen molar-refractivity contribution in [3.63, 3.8) is 0 Å². The minimum Gasteiger partial charge on any atom is -0.493 e. The summed E-state index contributed by atoms with van der Waals surface area (Å²) >= 11 is 3.40. The van der Waals surface area contributed by atoms with Gasteiger partial charge in [-0.25, -0.2) is 0 Å². The van der Waals surface area contributed by atoms with Crippen molar-refractivity contribution in [3.8, 4) is 17.2 Å². The summed E-state index contributed by atoms with van der Waals surface area (Å²) in [5.74, 6) is 0.232. The standard InChI is InChI=1S/C34H29BrN2O6/c1-41-30-20-23(21-31(42-2)32(30)43-3)11-18-29(38)24-12-16-27(17-13-24)36-34(40)28(19-22-9-14-26(35)15-10-22)37-33(39)25-7-5-4-6-8-25/h4-21H,1-3H3,(H,36,40)(H,37,39)/b18-11+,28-19-. The Morgan fingerprint density at radius 3 is 1.93 bits per heavy atom. The molecule has 0 aliphatic rings. The quantitative estimate of drug-likeness (QED) is 0.138. The van der Waals surface area contributed by atoms with Gasteiger partial charge >= 0.3 is 0 Å². The Kier molecular flexibility index (Phi) is 10.5. The highest BCUT2D eigenvalue weighted by molar-refractivity contribution is 9.10. The zero-order valence-corrected chi connectivity index (χ0v) is 25.3. The predicted molar refractivity (Wildman–Crippen MR) is 171 cm³/mol. The van der Waals surface area contributed by atoms with Gasteiger partial charge in [-0.3, -0.25) is 14.4 Å². The van der Waals surface area contributed by atoms with Gasteiger partial charge in [0.1, 0.15) is 5.70 Å². The molecule has 9 heteroatoms. The van der Waals surface area contributed by atoms with Crippen LogP contribution in [0, 0.1) is 0 Å². The number of ketones is 1. The number of hydrogen-bond acceptors (Lipinski definition) is 6. The van der Waals surface area contributed by atoms with Gasteiger partial charge in [0.25, 0.3) is 11.8 Å². The molecule has 0 aliphatic carbocycles. The van der Waals surface area contributed by atoms with Crippen molar-refractivity contribution >= 4 is 51.4 Å². The molecular formula is C34H29BrN2O6. The SMILES string of the molecule is COc1cc(/C=C/C(=O)c2ccc(NC(=O)/C(=C/c3ccc(Br)cc3)NC(=O)c3ccccc3)cc2)cc(OC)c1OC. The van der Waals surface area contributed by atoms with E-state index in [1.54, 1.807) is 78.9 Å². The number of carbonyl (C=O) groups is 3. The molecule has 0 saturated heterocycles. The van der Waals surface area contributed by atoms with Gasteiger partial charge < -0.3 is 24.8 Å². The molecular weight excluding hydrogens is 612 g/mol. The van der Waals surface area contributed by atoms with E-state index in [0.717, 1.165) is 10.0 Å². The van der Waals surface area contributed by atoms with Gasteiger partial charge in [0.15, 0.2) is 17.3 Å². The summed E-state index contributed by atoms with van der Waals surface area (Å²) in [5.41, 5.74) is 2.76. The second-order valence-corrected chi connectivity index (χ2v) is 10.0. The highest BCUT2D eigenvalue weighted by Gasteiger charge is 2.16. The summed E-state index contributed by atoms with van der Waals surface area (Å²) in [4.78, 5) is 39.0. The van der Waals surface area contributed by atoms with E-state index in [-0.39, 0.29) is 11.5 Å². The minimum atomic E-state index is -0.520. The van der Waals surface area contributed by atoms with Crippen molar-refractivity contribution in [3.05, 3.63) is 129 Å². The van der Waals surface area contributed by atoms with Crippen LogP contribution in [-0.4, -0.2) is 38.9 Å². The Morgan fingerprint density at radius 2 is 1.35 bits per heavy atom. The maximum atomic E-state index is 13.3. The van der Waals surface area contributed by atoms with Crippen molar-refractivity contribution in [1.82, 2.24) is 5.32 Å². The lowest BCUT2D eigenvalue weighted by Gasteiger charge is -2.12. The van der Waals surface area contributed by atoms with E-state index in [9.17, 15) is 14.4 Å². The number of hydrogen-bond donors (Lipinski definition) is 2. The fourth-order valence-electron chi connectivity index (χ4n) is 4.05. The number of methoxy groups -OCH3 is 3. The predicted octanol–water partition coefficient (Wildman–Crippen LogP) is 6.78. The van der Waals surface area contributed by atoms with Gasteiger partial charge in [-0.15, -0.1) is 0 Å². The molecule has 4 aromatic carbocycles. The first-order chi connectivity index (χ1) is 20.8. The fraction of sp³-hybridized carbons (Fsp3) is 0.0882. The van der Waals surface area contributed by atoms with Crippen LogP contribution in [0.2, 0.25) is 0 Å². The van der Waals surface area contributed by atoms with Gasteiger partial charge in [0.05, 0.1) is 21.3 Å². The molecule has 4 rings (SSSR count). The van der Waals surface area contributed by atoms with Crippen molar-refractivity contribution < 1.29 is 28.6 Å². The molecule has 4 aromatic rings. The number of halogens is 1. The number of carbonyl (C=O) groups excluding carboxylic acids is 3. The smallest absolute Gasteiger partial charge is 0.272 e. The molecule has 43 heavy (non-hydrogen) atoms. The van der Waals surface area contributed by atoms with Crippen LogP contribution in [0.1, 0.15) is 31.8 Å². The number of rotatable bonds is 11. The number of nitrogens with one attached hydrogen (secondary N) is 2. The van der Waals surface area contributed by atoms with Crippen molar-refractivity contribution in [2.24, 2.45) is 0 Å². The molecule has 0 unspecified atom stereocenters. The Bertz CT molecular complexity index is 1640.